The maximum absolute atomic E-state index is 13.0. The van der Waals surface area contributed by atoms with Crippen molar-refractivity contribution >= 4 is 11.6 Å². The van der Waals surface area contributed by atoms with E-state index in [0.717, 1.165) is 62.1 Å². The van der Waals surface area contributed by atoms with Gasteiger partial charge in [0.05, 0.1) is 12.8 Å². The average molecular weight is 414 g/mol. The molecule has 0 aliphatic carbocycles. The van der Waals surface area contributed by atoms with Gasteiger partial charge in [0, 0.05) is 45.8 Å². The second kappa shape index (κ2) is 10.8. The van der Waals surface area contributed by atoms with Crippen LogP contribution in [0.15, 0.2) is 53.5 Å². The highest BCUT2D eigenvalue weighted by atomic mass is 19.1. The van der Waals surface area contributed by atoms with Crippen LogP contribution < -0.4 is 20.3 Å². The average Bonchev–Trinajstić information content (AvgIpc) is 3.23. The van der Waals surface area contributed by atoms with Crippen LogP contribution in [-0.4, -0.2) is 64.3 Å². The van der Waals surface area contributed by atoms with Crippen LogP contribution in [0.4, 0.5) is 10.1 Å². The van der Waals surface area contributed by atoms with Crippen LogP contribution in [0, 0.1) is 5.82 Å². The number of benzene rings is 2. The largest absolute Gasteiger partial charge is 0.495 e. The molecule has 0 amide bonds. The minimum absolute atomic E-state index is 0.200. The van der Waals surface area contributed by atoms with Gasteiger partial charge >= 0.3 is 0 Å². The number of anilines is 1. The second-order valence-corrected chi connectivity index (χ2v) is 7.61. The predicted octanol–water partition coefficient (Wildman–Crippen LogP) is 2.71. The van der Waals surface area contributed by atoms with E-state index in [-0.39, 0.29) is 5.82 Å². The Balaban J connectivity index is 1.42. The number of hydrogen-bond donors (Lipinski definition) is 2. The minimum Gasteiger partial charge on any atom is -0.495 e. The smallest absolute Gasteiger partial charge is 0.191 e. The Kier molecular flexibility index (Phi) is 7.90. The monoisotopic (exact) mass is 413 g/mol. The molecule has 6 nitrogen and oxygen atoms in total. The minimum atomic E-state index is -0.200. The van der Waals surface area contributed by atoms with Crippen molar-refractivity contribution in [3.8, 4) is 5.75 Å². The highest BCUT2D eigenvalue weighted by Crippen LogP contribution is 2.30. The van der Waals surface area contributed by atoms with Gasteiger partial charge in [0.2, 0.25) is 0 Å². The highest BCUT2D eigenvalue weighted by molar-refractivity contribution is 5.80. The number of nitrogens with one attached hydrogen (secondary N) is 2. The summed E-state index contributed by atoms with van der Waals surface area (Å²) in [5.41, 5.74) is 2.23. The Bertz CT molecular complexity index is 827. The van der Waals surface area contributed by atoms with Crippen molar-refractivity contribution in [2.75, 3.05) is 52.3 Å². The molecule has 2 aromatic rings. The Hall–Kier alpha value is -2.80. The van der Waals surface area contributed by atoms with Gasteiger partial charge in [0.15, 0.2) is 5.96 Å². The summed E-state index contributed by atoms with van der Waals surface area (Å²) in [6.45, 7) is 4.31. The Morgan fingerprint density at radius 2 is 2.00 bits per heavy atom. The summed E-state index contributed by atoms with van der Waals surface area (Å²) in [7, 11) is 5.57. The van der Waals surface area contributed by atoms with Gasteiger partial charge < -0.3 is 25.2 Å². The number of likely N-dealkylation sites (N-methyl/N-ethyl adjacent to an activating group) is 1. The van der Waals surface area contributed by atoms with Crippen LogP contribution in [0.25, 0.3) is 0 Å². The van der Waals surface area contributed by atoms with E-state index in [1.165, 1.54) is 12.1 Å². The van der Waals surface area contributed by atoms with Crippen molar-refractivity contribution in [3.05, 3.63) is 59.9 Å². The van der Waals surface area contributed by atoms with Crippen molar-refractivity contribution in [1.82, 2.24) is 15.5 Å². The Morgan fingerprint density at radius 1 is 1.23 bits per heavy atom. The molecule has 1 aliphatic rings. The summed E-state index contributed by atoms with van der Waals surface area (Å²) in [5.74, 6) is 1.52. The zero-order valence-electron chi connectivity index (χ0n) is 18.1. The van der Waals surface area contributed by atoms with Crippen LogP contribution in [-0.2, 0) is 6.54 Å². The molecule has 0 spiro atoms. The molecule has 1 atom stereocenters. The summed E-state index contributed by atoms with van der Waals surface area (Å²) in [6, 6.07) is 15.1. The van der Waals surface area contributed by atoms with Crippen LogP contribution >= 0.6 is 0 Å². The standard InChI is InChI=1S/C23H32FN5O/c1-25-23(26-13-15-28(2)16-18-8-10-19(24)11-9-18)27-20-12-14-29(17-20)21-6-4-5-7-22(21)30-3/h4-11,20H,12-17H2,1-3H3,(H2,25,26,27). The SMILES string of the molecule is CN=C(NCCN(C)Cc1ccc(F)cc1)NC1CCN(c2ccccc2OC)C1. The number of rotatable bonds is 8. The van der Waals surface area contributed by atoms with Crippen molar-refractivity contribution < 1.29 is 9.13 Å². The lowest BCUT2D eigenvalue weighted by atomic mass is 10.2. The predicted molar refractivity (Wildman–Crippen MR) is 121 cm³/mol. The molecule has 0 radical (unpaired) electrons. The molecule has 1 heterocycles. The zero-order chi connectivity index (χ0) is 21.3. The number of aliphatic imine (C=N–C) groups is 1. The maximum atomic E-state index is 13.0. The first-order valence-electron chi connectivity index (χ1n) is 10.4. The number of methoxy groups -OCH3 is 1. The normalized spacial score (nSPS) is 16.8. The highest BCUT2D eigenvalue weighted by Gasteiger charge is 2.25. The molecule has 2 aromatic carbocycles. The third kappa shape index (κ3) is 6.10. The van der Waals surface area contributed by atoms with Crippen LogP contribution in [0.5, 0.6) is 5.75 Å². The van der Waals surface area contributed by atoms with E-state index in [0.29, 0.717) is 6.04 Å². The van der Waals surface area contributed by atoms with Crippen LogP contribution in [0.1, 0.15) is 12.0 Å². The van der Waals surface area contributed by atoms with Crippen molar-refractivity contribution in [2.45, 2.75) is 19.0 Å². The number of para-hydroxylation sites is 2. The molecule has 3 rings (SSSR count). The molecule has 2 N–H and O–H groups in total. The first-order chi connectivity index (χ1) is 14.6. The quantitative estimate of drug-likeness (QED) is 0.515. The summed E-state index contributed by atoms with van der Waals surface area (Å²) in [6.07, 6.45) is 1.04. The van der Waals surface area contributed by atoms with Gasteiger partial charge in [-0.1, -0.05) is 24.3 Å². The Morgan fingerprint density at radius 3 is 2.73 bits per heavy atom. The first-order valence-corrected chi connectivity index (χ1v) is 10.4. The van der Waals surface area contributed by atoms with Crippen molar-refractivity contribution in [2.24, 2.45) is 4.99 Å². The zero-order valence-corrected chi connectivity index (χ0v) is 18.1. The molecule has 1 saturated heterocycles. The van der Waals surface area contributed by atoms with E-state index in [1.807, 2.05) is 30.3 Å². The molecule has 7 heteroatoms. The van der Waals surface area contributed by atoms with Gasteiger partial charge in [-0.25, -0.2) is 4.39 Å². The fourth-order valence-corrected chi connectivity index (χ4v) is 3.72. The van der Waals surface area contributed by atoms with Gasteiger partial charge in [0.1, 0.15) is 11.6 Å². The fraction of sp³-hybridized carbons (Fsp3) is 0.435. The van der Waals surface area contributed by atoms with E-state index in [9.17, 15) is 4.39 Å². The number of nitrogens with zero attached hydrogens (tertiary/aromatic N) is 3. The first kappa shape index (κ1) is 21.9. The molecule has 0 aromatic heterocycles. The summed E-state index contributed by atoms with van der Waals surface area (Å²) >= 11 is 0. The Labute approximate surface area is 178 Å². The molecular formula is C23H32FN5O. The van der Waals surface area contributed by atoms with E-state index >= 15 is 0 Å². The van der Waals surface area contributed by atoms with Gasteiger partial charge in [-0.2, -0.15) is 0 Å². The molecule has 0 saturated carbocycles. The number of ether oxygens (including phenoxy) is 1. The van der Waals surface area contributed by atoms with E-state index in [1.54, 1.807) is 14.2 Å². The van der Waals surface area contributed by atoms with Gasteiger partial charge in [0.25, 0.3) is 0 Å². The third-order valence-electron chi connectivity index (χ3n) is 5.33. The molecule has 1 unspecified atom stereocenters. The van der Waals surface area contributed by atoms with E-state index in [4.69, 9.17) is 4.74 Å². The molecule has 162 valence electrons. The molecule has 0 bridgehead atoms. The third-order valence-corrected chi connectivity index (χ3v) is 5.33. The lowest BCUT2D eigenvalue weighted by Gasteiger charge is -2.22. The molecule has 30 heavy (non-hydrogen) atoms. The van der Waals surface area contributed by atoms with Gasteiger partial charge in [-0.15, -0.1) is 0 Å². The summed E-state index contributed by atoms with van der Waals surface area (Å²) < 4.78 is 18.5. The maximum Gasteiger partial charge on any atom is 0.191 e. The second-order valence-electron chi connectivity index (χ2n) is 7.61. The van der Waals surface area contributed by atoms with Crippen molar-refractivity contribution in [3.63, 3.8) is 0 Å². The summed E-state index contributed by atoms with van der Waals surface area (Å²) in [5, 5.41) is 6.92. The fourth-order valence-electron chi connectivity index (χ4n) is 3.72. The number of halogens is 1. The number of hydrogen-bond acceptors (Lipinski definition) is 4. The van der Waals surface area contributed by atoms with Crippen molar-refractivity contribution in [1.29, 1.82) is 0 Å². The lowest BCUT2D eigenvalue weighted by Crippen LogP contribution is -2.46. The van der Waals surface area contributed by atoms with Gasteiger partial charge in [-0.05, 0) is 43.3 Å². The molecular weight excluding hydrogens is 381 g/mol. The van der Waals surface area contributed by atoms with E-state index < -0.39 is 0 Å². The lowest BCUT2D eigenvalue weighted by molar-refractivity contribution is 0.331. The van der Waals surface area contributed by atoms with Crippen LogP contribution in [0.2, 0.25) is 0 Å². The van der Waals surface area contributed by atoms with Crippen LogP contribution in [0.3, 0.4) is 0 Å². The summed E-state index contributed by atoms with van der Waals surface area (Å²) in [4.78, 5) is 8.91. The topological polar surface area (TPSA) is 52.1 Å². The number of guanidine groups is 1. The van der Waals surface area contributed by atoms with E-state index in [2.05, 4.69) is 38.5 Å². The molecule has 1 fully saturated rings. The molecule has 1 aliphatic heterocycles. The van der Waals surface area contributed by atoms with Gasteiger partial charge in [-0.3, -0.25) is 4.99 Å².